The molecule has 6 nitrogen and oxygen atoms in total. The van der Waals surface area contributed by atoms with Crippen LogP contribution in [-0.2, 0) is 29.0 Å². The summed E-state index contributed by atoms with van der Waals surface area (Å²) in [7, 11) is 0. The van der Waals surface area contributed by atoms with Crippen LogP contribution in [-0.4, -0.2) is 35.6 Å². The molecular weight excluding hydrogens is 547 g/mol. The highest BCUT2D eigenvalue weighted by Gasteiger charge is 2.32. The molecular formula is C32H34Cl2N2O4. The van der Waals surface area contributed by atoms with Gasteiger partial charge in [-0.2, -0.15) is 0 Å². The highest BCUT2D eigenvalue weighted by Crippen LogP contribution is 2.33. The lowest BCUT2D eigenvalue weighted by molar-refractivity contribution is -0.141. The third-order valence-corrected chi connectivity index (χ3v) is 8.23. The second kappa shape index (κ2) is 13.4. The van der Waals surface area contributed by atoms with Crippen LogP contribution in [0.3, 0.4) is 0 Å². The third-order valence-electron chi connectivity index (χ3n) is 7.64. The standard InChI is InChI=1S/C32H34Cl2N2O4/c33-25-14-13-24(27(34)19-25)20-36(31(37)16-12-23-11-15-29-30(18-23)40-21-39-29)28(17-22-7-3-1-4-8-22)32(38)35-26-9-5-2-6-10-26/h1,3-4,7-8,11,13-15,18-19,26,28H,2,5-6,9-10,12,16-17,20-21H2,(H,35,38). The predicted molar refractivity (Wildman–Crippen MR) is 157 cm³/mol. The van der Waals surface area contributed by atoms with Crippen LogP contribution < -0.4 is 14.8 Å². The molecule has 5 rings (SSSR count). The minimum absolute atomic E-state index is 0.122. The molecule has 8 heteroatoms. The number of nitrogens with zero attached hydrogens (tertiary/aromatic N) is 1. The van der Waals surface area contributed by atoms with E-state index in [2.05, 4.69) is 5.32 Å². The van der Waals surface area contributed by atoms with Crippen LogP contribution in [0.1, 0.15) is 55.2 Å². The van der Waals surface area contributed by atoms with Crippen molar-refractivity contribution in [3.8, 4) is 11.5 Å². The number of hydrogen-bond donors (Lipinski definition) is 1. The maximum Gasteiger partial charge on any atom is 0.243 e. The molecule has 1 atom stereocenters. The fourth-order valence-electron chi connectivity index (χ4n) is 5.42. The van der Waals surface area contributed by atoms with Crippen LogP contribution in [0, 0.1) is 0 Å². The number of rotatable bonds is 10. The van der Waals surface area contributed by atoms with Crippen molar-refractivity contribution in [2.75, 3.05) is 6.79 Å². The number of carbonyl (C=O) groups excluding carboxylic acids is 2. The molecule has 1 heterocycles. The Kier molecular flexibility index (Phi) is 9.50. The zero-order valence-corrected chi connectivity index (χ0v) is 23.9. The molecule has 1 N–H and O–H groups in total. The van der Waals surface area contributed by atoms with Crippen molar-refractivity contribution in [3.63, 3.8) is 0 Å². The van der Waals surface area contributed by atoms with Crippen molar-refractivity contribution in [2.45, 2.75) is 70.0 Å². The van der Waals surface area contributed by atoms with E-state index in [9.17, 15) is 9.59 Å². The van der Waals surface area contributed by atoms with Crippen LogP contribution in [0.25, 0.3) is 0 Å². The Labute approximate surface area is 245 Å². The predicted octanol–water partition coefficient (Wildman–Crippen LogP) is 6.74. The summed E-state index contributed by atoms with van der Waals surface area (Å²) in [5, 5.41) is 4.25. The summed E-state index contributed by atoms with van der Waals surface area (Å²) in [5.74, 6) is 1.14. The molecule has 3 aromatic rings. The molecule has 210 valence electrons. The maximum atomic E-state index is 14.0. The van der Waals surface area contributed by atoms with Crippen LogP contribution >= 0.6 is 23.2 Å². The van der Waals surface area contributed by atoms with Gasteiger partial charge in [0.15, 0.2) is 11.5 Å². The molecule has 1 unspecified atom stereocenters. The first-order valence-corrected chi connectivity index (χ1v) is 14.7. The molecule has 1 saturated carbocycles. The summed E-state index contributed by atoms with van der Waals surface area (Å²) in [5.41, 5.74) is 2.70. The van der Waals surface area contributed by atoms with Crippen molar-refractivity contribution < 1.29 is 19.1 Å². The van der Waals surface area contributed by atoms with E-state index < -0.39 is 6.04 Å². The van der Waals surface area contributed by atoms with Crippen molar-refractivity contribution in [1.29, 1.82) is 0 Å². The Morgan fingerprint density at radius 1 is 0.900 bits per heavy atom. The normalized spacial score (nSPS) is 15.4. The van der Waals surface area contributed by atoms with E-state index in [-0.39, 0.29) is 37.6 Å². The zero-order chi connectivity index (χ0) is 27.9. The van der Waals surface area contributed by atoms with Gasteiger partial charge in [0.05, 0.1) is 0 Å². The van der Waals surface area contributed by atoms with Gasteiger partial charge in [0.1, 0.15) is 6.04 Å². The molecule has 0 saturated heterocycles. The van der Waals surface area contributed by atoms with Crippen LogP contribution in [0.2, 0.25) is 10.0 Å². The molecule has 1 aliphatic carbocycles. The number of amides is 2. The van der Waals surface area contributed by atoms with Crippen molar-refractivity contribution in [1.82, 2.24) is 10.2 Å². The summed E-state index contributed by atoms with van der Waals surface area (Å²) in [6.07, 6.45) is 6.46. The summed E-state index contributed by atoms with van der Waals surface area (Å²) in [4.78, 5) is 29.6. The lowest BCUT2D eigenvalue weighted by atomic mass is 9.94. The smallest absolute Gasteiger partial charge is 0.243 e. The first-order chi connectivity index (χ1) is 19.5. The van der Waals surface area contributed by atoms with E-state index in [1.54, 1.807) is 17.0 Å². The highest BCUT2D eigenvalue weighted by atomic mass is 35.5. The number of aryl methyl sites for hydroxylation is 1. The molecule has 0 radical (unpaired) electrons. The number of carbonyl (C=O) groups is 2. The van der Waals surface area contributed by atoms with Gasteiger partial charge in [0.25, 0.3) is 0 Å². The fraction of sp³-hybridized carbons (Fsp3) is 0.375. The van der Waals surface area contributed by atoms with Crippen LogP contribution in [0.5, 0.6) is 11.5 Å². The van der Waals surface area contributed by atoms with Crippen LogP contribution in [0.4, 0.5) is 0 Å². The van der Waals surface area contributed by atoms with Gasteiger partial charge in [-0.1, -0.05) is 84.9 Å². The molecule has 1 fully saturated rings. The molecule has 0 aromatic heterocycles. The Bertz CT molecular complexity index is 1330. The number of ether oxygens (including phenoxy) is 2. The average molecular weight is 582 g/mol. The van der Waals surface area contributed by atoms with E-state index in [0.29, 0.717) is 34.4 Å². The van der Waals surface area contributed by atoms with E-state index in [4.69, 9.17) is 32.7 Å². The third kappa shape index (κ3) is 7.29. The fourth-order valence-corrected chi connectivity index (χ4v) is 5.89. The summed E-state index contributed by atoms with van der Waals surface area (Å²) in [6.45, 7) is 0.399. The topological polar surface area (TPSA) is 67.9 Å². The van der Waals surface area contributed by atoms with Gasteiger partial charge in [-0.05, 0) is 60.2 Å². The second-order valence-corrected chi connectivity index (χ2v) is 11.3. The minimum Gasteiger partial charge on any atom is -0.454 e. The molecule has 0 bridgehead atoms. The molecule has 2 aliphatic rings. The first kappa shape index (κ1) is 28.3. The monoisotopic (exact) mass is 580 g/mol. The number of halogens is 2. The van der Waals surface area contributed by atoms with E-state index in [1.807, 2.05) is 54.6 Å². The molecule has 0 spiro atoms. The zero-order valence-electron chi connectivity index (χ0n) is 22.4. The average Bonchev–Trinajstić information content (AvgIpc) is 3.44. The van der Waals surface area contributed by atoms with Crippen molar-refractivity contribution in [2.24, 2.45) is 0 Å². The highest BCUT2D eigenvalue weighted by molar-refractivity contribution is 6.35. The summed E-state index contributed by atoms with van der Waals surface area (Å²) >= 11 is 12.7. The van der Waals surface area contributed by atoms with Gasteiger partial charge in [-0.25, -0.2) is 0 Å². The van der Waals surface area contributed by atoms with E-state index in [1.165, 1.54) is 6.42 Å². The van der Waals surface area contributed by atoms with E-state index in [0.717, 1.165) is 42.4 Å². The largest absolute Gasteiger partial charge is 0.454 e. The molecule has 1 aliphatic heterocycles. The maximum absolute atomic E-state index is 14.0. The van der Waals surface area contributed by atoms with Gasteiger partial charge in [0, 0.05) is 35.5 Å². The van der Waals surface area contributed by atoms with Crippen molar-refractivity contribution in [3.05, 3.63) is 93.5 Å². The number of benzene rings is 3. The van der Waals surface area contributed by atoms with Crippen LogP contribution in [0.15, 0.2) is 66.7 Å². The lowest BCUT2D eigenvalue weighted by Gasteiger charge is -2.34. The SMILES string of the molecule is O=C(NC1CCCCC1)C(Cc1ccccc1)N(Cc1ccc(Cl)cc1Cl)C(=O)CCc1ccc2c(c1)OCO2. The summed E-state index contributed by atoms with van der Waals surface area (Å²) in [6, 6.07) is 20.2. The Balaban J connectivity index is 1.42. The minimum atomic E-state index is -0.694. The van der Waals surface area contributed by atoms with Gasteiger partial charge in [-0.3, -0.25) is 9.59 Å². The number of hydrogen-bond acceptors (Lipinski definition) is 4. The van der Waals surface area contributed by atoms with Gasteiger partial charge < -0.3 is 19.7 Å². The number of nitrogens with one attached hydrogen (secondary N) is 1. The molecule has 2 amide bonds. The van der Waals surface area contributed by atoms with Crippen molar-refractivity contribution >= 4 is 35.0 Å². The summed E-state index contributed by atoms with van der Waals surface area (Å²) < 4.78 is 10.9. The quantitative estimate of drug-likeness (QED) is 0.288. The Hall–Kier alpha value is -3.22. The van der Waals surface area contributed by atoms with Gasteiger partial charge >= 0.3 is 0 Å². The molecule has 3 aromatic carbocycles. The van der Waals surface area contributed by atoms with Gasteiger partial charge in [0.2, 0.25) is 18.6 Å². The second-order valence-electron chi connectivity index (χ2n) is 10.5. The van der Waals surface area contributed by atoms with E-state index >= 15 is 0 Å². The Morgan fingerprint density at radius 2 is 1.68 bits per heavy atom. The lowest BCUT2D eigenvalue weighted by Crippen LogP contribution is -2.53. The number of fused-ring (bicyclic) bond motifs is 1. The first-order valence-electron chi connectivity index (χ1n) is 13.9. The van der Waals surface area contributed by atoms with Gasteiger partial charge in [-0.15, -0.1) is 0 Å². The Morgan fingerprint density at radius 3 is 2.45 bits per heavy atom. The molecule has 40 heavy (non-hydrogen) atoms.